The van der Waals surface area contributed by atoms with Gasteiger partial charge in [0, 0.05) is 5.56 Å². The van der Waals surface area contributed by atoms with Crippen LogP contribution in [0.5, 0.6) is 5.75 Å². The monoisotopic (exact) mass is 311 g/mol. The van der Waals surface area contributed by atoms with Crippen LogP contribution in [0.15, 0.2) is 48.5 Å². The first-order valence-corrected chi connectivity index (χ1v) is 6.46. The first kappa shape index (κ1) is 15.3. The van der Waals surface area contributed by atoms with Crippen LogP contribution in [0, 0.1) is 0 Å². The van der Waals surface area contributed by atoms with E-state index in [-0.39, 0.29) is 22.9 Å². The van der Waals surface area contributed by atoms with E-state index in [1.54, 1.807) is 24.3 Å². The van der Waals surface area contributed by atoms with Gasteiger partial charge in [0.15, 0.2) is 0 Å². The van der Waals surface area contributed by atoms with E-state index in [2.05, 4.69) is 0 Å². The van der Waals surface area contributed by atoms with Gasteiger partial charge in [-0.3, -0.25) is 0 Å². The van der Waals surface area contributed by atoms with E-state index in [9.17, 15) is 13.2 Å². The summed E-state index contributed by atoms with van der Waals surface area (Å²) in [5, 5.41) is 0. The molecule has 0 aliphatic carbocycles. The Labute approximate surface area is 125 Å². The Morgan fingerprint density at radius 2 is 1.76 bits per heavy atom. The van der Waals surface area contributed by atoms with E-state index in [1.165, 1.54) is 12.1 Å². The summed E-state index contributed by atoms with van der Waals surface area (Å²) in [5.74, 6) is -0.244. The van der Waals surface area contributed by atoms with Gasteiger partial charge in [-0.25, -0.2) is 0 Å². The van der Waals surface area contributed by atoms with Crippen molar-refractivity contribution in [2.75, 3.05) is 0 Å². The Hall–Kier alpha value is -2.08. The predicted octanol–water partition coefficient (Wildman–Crippen LogP) is 3.92. The number of nitrogens with two attached hydrogens (primary N) is 1. The Balaban J connectivity index is 2.28. The van der Waals surface area contributed by atoms with Crippen LogP contribution < -0.4 is 10.5 Å². The van der Waals surface area contributed by atoms with Gasteiger partial charge in [-0.15, -0.1) is 0 Å². The Morgan fingerprint density at radius 3 is 2.33 bits per heavy atom. The van der Waals surface area contributed by atoms with E-state index in [0.29, 0.717) is 0 Å². The fourth-order valence-corrected chi connectivity index (χ4v) is 1.89. The molecular formula is C15H12F3NOS. The summed E-state index contributed by atoms with van der Waals surface area (Å²) in [5.41, 5.74) is 5.42. The number of thiocarbonyl (C=S) groups is 1. The quantitative estimate of drug-likeness (QED) is 0.869. The minimum absolute atomic E-state index is 0.0519. The second-order valence-corrected chi connectivity index (χ2v) is 4.79. The zero-order chi connectivity index (χ0) is 15.5. The lowest BCUT2D eigenvalue weighted by atomic mass is 10.1. The third-order valence-corrected chi connectivity index (χ3v) is 3.04. The number of halogens is 3. The summed E-state index contributed by atoms with van der Waals surface area (Å²) >= 11 is 4.70. The minimum Gasteiger partial charge on any atom is -0.488 e. The minimum atomic E-state index is -4.53. The predicted molar refractivity (Wildman–Crippen MR) is 78.1 cm³/mol. The average molecular weight is 311 g/mol. The van der Waals surface area contributed by atoms with E-state index < -0.39 is 11.7 Å². The molecule has 21 heavy (non-hydrogen) atoms. The van der Waals surface area contributed by atoms with Crippen molar-refractivity contribution in [3.05, 3.63) is 65.2 Å². The molecule has 0 aliphatic heterocycles. The van der Waals surface area contributed by atoms with E-state index in [1.807, 2.05) is 6.07 Å². The SMILES string of the molecule is NC(=S)c1ccc(OCc2ccccc2)c(C(F)(F)F)c1. The molecule has 0 saturated carbocycles. The van der Waals surface area contributed by atoms with Crippen molar-refractivity contribution in [3.8, 4) is 5.75 Å². The highest BCUT2D eigenvalue weighted by molar-refractivity contribution is 7.80. The molecule has 2 nitrogen and oxygen atoms in total. The molecule has 0 bridgehead atoms. The summed E-state index contributed by atoms with van der Waals surface area (Å²) in [6.45, 7) is 0.0519. The number of alkyl halides is 3. The molecular weight excluding hydrogens is 299 g/mol. The molecule has 0 atom stereocenters. The van der Waals surface area contributed by atoms with Gasteiger partial charge in [-0.05, 0) is 23.8 Å². The zero-order valence-electron chi connectivity index (χ0n) is 10.9. The molecule has 2 aromatic rings. The highest BCUT2D eigenvalue weighted by Gasteiger charge is 2.34. The normalized spacial score (nSPS) is 11.2. The van der Waals surface area contributed by atoms with Crippen molar-refractivity contribution in [1.29, 1.82) is 0 Å². The first-order valence-electron chi connectivity index (χ1n) is 6.05. The molecule has 0 aromatic heterocycles. The third kappa shape index (κ3) is 3.95. The smallest absolute Gasteiger partial charge is 0.419 e. The molecule has 2 rings (SSSR count). The summed E-state index contributed by atoms with van der Waals surface area (Å²) in [6.07, 6.45) is -4.53. The average Bonchev–Trinajstić information content (AvgIpc) is 2.45. The van der Waals surface area contributed by atoms with Gasteiger partial charge in [0.2, 0.25) is 0 Å². The Bertz CT molecular complexity index is 641. The molecule has 2 N–H and O–H groups in total. The van der Waals surface area contributed by atoms with E-state index in [4.69, 9.17) is 22.7 Å². The summed E-state index contributed by atoms with van der Waals surface area (Å²) < 4.78 is 44.4. The highest BCUT2D eigenvalue weighted by atomic mass is 32.1. The Kier molecular flexibility index (Phi) is 4.47. The summed E-state index contributed by atoms with van der Waals surface area (Å²) in [7, 11) is 0. The molecule has 6 heteroatoms. The fourth-order valence-electron chi connectivity index (χ4n) is 1.77. The molecule has 0 radical (unpaired) electrons. The van der Waals surface area contributed by atoms with Crippen molar-refractivity contribution in [2.45, 2.75) is 12.8 Å². The molecule has 0 fully saturated rings. The van der Waals surface area contributed by atoms with Crippen LogP contribution in [0.1, 0.15) is 16.7 Å². The molecule has 0 heterocycles. The van der Waals surface area contributed by atoms with Crippen LogP contribution in [0.25, 0.3) is 0 Å². The van der Waals surface area contributed by atoms with Gasteiger partial charge in [-0.1, -0.05) is 42.5 Å². The number of ether oxygens (including phenoxy) is 1. The third-order valence-electron chi connectivity index (χ3n) is 2.81. The van der Waals surface area contributed by atoms with Gasteiger partial charge < -0.3 is 10.5 Å². The second-order valence-electron chi connectivity index (χ2n) is 4.35. The number of hydrogen-bond donors (Lipinski definition) is 1. The van der Waals surface area contributed by atoms with E-state index >= 15 is 0 Å². The molecule has 0 amide bonds. The largest absolute Gasteiger partial charge is 0.488 e. The molecule has 0 aliphatic rings. The van der Waals surface area contributed by atoms with Crippen molar-refractivity contribution in [2.24, 2.45) is 5.73 Å². The van der Waals surface area contributed by atoms with Gasteiger partial charge >= 0.3 is 6.18 Å². The standard InChI is InChI=1S/C15H12F3NOS/c16-15(17,18)12-8-11(14(19)21)6-7-13(12)20-9-10-4-2-1-3-5-10/h1-8H,9H2,(H2,19,21). The zero-order valence-corrected chi connectivity index (χ0v) is 11.7. The molecule has 0 unspecified atom stereocenters. The van der Waals surface area contributed by atoms with Crippen LogP contribution in [-0.4, -0.2) is 4.99 Å². The summed E-state index contributed by atoms with van der Waals surface area (Å²) in [6, 6.07) is 12.5. The Morgan fingerprint density at radius 1 is 1.10 bits per heavy atom. The maximum atomic E-state index is 13.1. The van der Waals surface area contributed by atoms with Crippen LogP contribution in [0.4, 0.5) is 13.2 Å². The van der Waals surface area contributed by atoms with Crippen molar-refractivity contribution < 1.29 is 17.9 Å². The lowest BCUT2D eigenvalue weighted by molar-refractivity contribution is -0.139. The van der Waals surface area contributed by atoms with Crippen LogP contribution in [-0.2, 0) is 12.8 Å². The van der Waals surface area contributed by atoms with Gasteiger partial charge in [0.1, 0.15) is 17.3 Å². The fraction of sp³-hybridized carbons (Fsp3) is 0.133. The van der Waals surface area contributed by atoms with E-state index in [0.717, 1.165) is 11.6 Å². The van der Waals surface area contributed by atoms with Crippen LogP contribution >= 0.6 is 12.2 Å². The van der Waals surface area contributed by atoms with Crippen LogP contribution in [0.3, 0.4) is 0 Å². The maximum Gasteiger partial charge on any atom is 0.419 e. The van der Waals surface area contributed by atoms with Gasteiger partial charge in [0.05, 0.1) is 5.56 Å². The van der Waals surface area contributed by atoms with Crippen molar-refractivity contribution in [3.63, 3.8) is 0 Å². The lowest BCUT2D eigenvalue weighted by Gasteiger charge is -2.15. The number of hydrogen-bond acceptors (Lipinski definition) is 2. The summed E-state index contributed by atoms with van der Waals surface area (Å²) in [4.78, 5) is -0.0879. The number of rotatable bonds is 4. The first-order chi connectivity index (χ1) is 9.88. The van der Waals surface area contributed by atoms with Crippen molar-refractivity contribution >= 4 is 17.2 Å². The maximum absolute atomic E-state index is 13.1. The topological polar surface area (TPSA) is 35.2 Å². The van der Waals surface area contributed by atoms with Crippen LogP contribution in [0.2, 0.25) is 0 Å². The molecule has 0 spiro atoms. The lowest BCUT2D eigenvalue weighted by Crippen LogP contribution is -2.14. The second kappa shape index (κ2) is 6.13. The van der Waals surface area contributed by atoms with Gasteiger partial charge in [0.25, 0.3) is 0 Å². The molecule has 2 aromatic carbocycles. The molecule has 0 saturated heterocycles. The highest BCUT2D eigenvalue weighted by Crippen LogP contribution is 2.37. The number of benzene rings is 2. The van der Waals surface area contributed by atoms with Gasteiger partial charge in [-0.2, -0.15) is 13.2 Å². The molecule has 110 valence electrons. The van der Waals surface area contributed by atoms with Crippen molar-refractivity contribution in [1.82, 2.24) is 0 Å².